The van der Waals surface area contributed by atoms with Crippen molar-refractivity contribution < 1.29 is 14.3 Å². The average molecular weight is 518 g/mol. The number of carbonyl (C=O) groups excluding carboxylic acids is 1. The van der Waals surface area contributed by atoms with Crippen molar-refractivity contribution in [3.05, 3.63) is 47.0 Å². The van der Waals surface area contributed by atoms with E-state index in [1.807, 2.05) is 35.2 Å². The largest absolute Gasteiger partial charge is 0.445 e. The van der Waals surface area contributed by atoms with Gasteiger partial charge < -0.3 is 14.4 Å². The first kappa shape index (κ1) is 25.2. The molecule has 5 fully saturated rings. The predicted molar refractivity (Wildman–Crippen MR) is 149 cm³/mol. The summed E-state index contributed by atoms with van der Waals surface area (Å²) < 4.78 is 12.9. The number of benzene rings is 1. The van der Waals surface area contributed by atoms with E-state index in [0.717, 1.165) is 55.0 Å². The molecular weight excluding hydrogens is 470 g/mol. The van der Waals surface area contributed by atoms with Crippen LogP contribution in [0.4, 0.5) is 4.79 Å². The Morgan fingerprint density at radius 1 is 1.11 bits per heavy atom. The van der Waals surface area contributed by atoms with Crippen molar-refractivity contribution in [2.75, 3.05) is 6.54 Å². The monoisotopic (exact) mass is 517 g/mol. The summed E-state index contributed by atoms with van der Waals surface area (Å²) in [5.41, 5.74) is 4.74. The van der Waals surface area contributed by atoms with E-state index >= 15 is 0 Å². The molecule has 38 heavy (non-hydrogen) atoms. The van der Waals surface area contributed by atoms with Crippen LogP contribution in [0.15, 0.2) is 41.5 Å². The Morgan fingerprint density at radius 2 is 1.95 bits per heavy atom. The molecule has 7 rings (SSSR count). The van der Waals surface area contributed by atoms with Gasteiger partial charge in [-0.2, -0.15) is 0 Å². The second-order valence-corrected chi connectivity index (χ2v) is 14.3. The number of amides is 1. The van der Waals surface area contributed by atoms with Gasteiger partial charge in [0.25, 0.3) is 0 Å². The third kappa shape index (κ3) is 3.91. The zero-order chi connectivity index (χ0) is 26.1. The van der Waals surface area contributed by atoms with Crippen molar-refractivity contribution in [1.29, 1.82) is 0 Å². The van der Waals surface area contributed by atoms with Crippen molar-refractivity contribution in [2.24, 2.45) is 35.0 Å². The Bertz CT molecular complexity index is 1100. The molecule has 2 heterocycles. The van der Waals surface area contributed by atoms with Crippen LogP contribution >= 0.6 is 0 Å². The number of hydrogen-bond donors (Lipinski definition) is 0. The Morgan fingerprint density at radius 3 is 2.79 bits per heavy atom. The lowest BCUT2D eigenvalue weighted by atomic mass is 9.52. The van der Waals surface area contributed by atoms with Crippen LogP contribution in [0.5, 0.6) is 0 Å². The molecule has 3 saturated carbocycles. The number of likely N-dealkylation sites (tertiary alicyclic amines) is 1. The Balaban J connectivity index is 1.12. The second-order valence-electron chi connectivity index (χ2n) is 14.3. The van der Waals surface area contributed by atoms with E-state index in [2.05, 4.69) is 20.8 Å². The van der Waals surface area contributed by atoms with Crippen LogP contribution in [0.2, 0.25) is 0 Å². The molecule has 9 atom stereocenters. The zero-order valence-corrected chi connectivity index (χ0v) is 23.8. The predicted octanol–water partition coefficient (Wildman–Crippen LogP) is 7.91. The molecule has 4 nitrogen and oxygen atoms in total. The van der Waals surface area contributed by atoms with Gasteiger partial charge in [0.15, 0.2) is 0 Å². The maximum Gasteiger partial charge on any atom is 0.410 e. The molecule has 4 aliphatic carbocycles. The van der Waals surface area contributed by atoms with E-state index in [1.165, 1.54) is 51.4 Å². The molecule has 1 spiro atoms. The standard InChI is InChI=1S/C34H47NO3/c1-22-17-31-30(35(20-22)32(36)37-21-24-9-5-4-6-10-24)19-34(38-31)16-14-26-27-13-12-25-11-7-8-15-33(25,3)29(27)18-28(26)23(34)2/h4-6,9-10,22,25-27,29-31H,7-8,11-21H2,1-3H3/t22-,25?,26?,27?,29?,30-,31?,33?,34?/m0/s1. The molecule has 206 valence electrons. The highest BCUT2D eigenvalue weighted by Crippen LogP contribution is 2.66. The summed E-state index contributed by atoms with van der Waals surface area (Å²) >= 11 is 0. The van der Waals surface area contributed by atoms with Gasteiger partial charge in [-0.3, -0.25) is 0 Å². The van der Waals surface area contributed by atoms with Crippen LogP contribution in [-0.4, -0.2) is 35.3 Å². The fraction of sp³-hybridized carbons (Fsp3) is 0.735. The van der Waals surface area contributed by atoms with Gasteiger partial charge in [-0.1, -0.05) is 62.6 Å². The highest BCUT2D eigenvalue weighted by atomic mass is 16.6. The normalized spacial score (nSPS) is 43.9. The van der Waals surface area contributed by atoms with Gasteiger partial charge in [-0.25, -0.2) is 4.79 Å². The van der Waals surface area contributed by atoms with Gasteiger partial charge in [0.1, 0.15) is 6.61 Å². The molecule has 2 aliphatic heterocycles. The molecule has 7 unspecified atom stereocenters. The lowest BCUT2D eigenvalue weighted by Gasteiger charge is -2.52. The summed E-state index contributed by atoms with van der Waals surface area (Å²) in [4.78, 5) is 15.4. The van der Waals surface area contributed by atoms with Gasteiger partial charge in [-0.05, 0) is 104 Å². The zero-order valence-electron chi connectivity index (χ0n) is 23.8. The Labute approximate surface area is 229 Å². The number of carbonyl (C=O) groups is 1. The second kappa shape index (κ2) is 9.39. The van der Waals surface area contributed by atoms with E-state index < -0.39 is 0 Å². The highest BCUT2D eigenvalue weighted by Gasteiger charge is 2.60. The third-order valence-corrected chi connectivity index (χ3v) is 12.4. The van der Waals surface area contributed by atoms with Crippen LogP contribution in [0, 0.1) is 35.0 Å². The minimum atomic E-state index is -0.177. The highest BCUT2D eigenvalue weighted by molar-refractivity contribution is 5.68. The number of nitrogens with zero attached hydrogens (tertiary/aromatic N) is 1. The number of hydrogen-bond acceptors (Lipinski definition) is 3. The summed E-state index contributed by atoms with van der Waals surface area (Å²) in [6.07, 6.45) is 14.4. The molecule has 1 aromatic rings. The molecule has 0 bridgehead atoms. The van der Waals surface area contributed by atoms with Crippen LogP contribution in [0.25, 0.3) is 0 Å². The van der Waals surface area contributed by atoms with Gasteiger partial charge in [-0.15, -0.1) is 0 Å². The molecule has 6 aliphatic rings. The van der Waals surface area contributed by atoms with Crippen molar-refractivity contribution in [3.63, 3.8) is 0 Å². The molecule has 0 radical (unpaired) electrons. The summed E-state index contributed by atoms with van der Waals surface area (Å²) in [7, 11) is 0. The maximum atomic E-state index is 13.4. The Kier molecular flexibility index (Phi) is 6.22. The summed E-state index contributed by atoms with van der Waals surface area (Å²) in [6, 6.07) is 10.2. The van der Waals surface area contributed by atoms with E-state index in [0.29, 0.717) is 17.9 Å². The number of piperidine rings is 1. The number of allylic oxidation sites excluding steroid dienone is 1. The van der Waals surface area contributed by atoms with Crippen molar-refractivity contribution in [3.8, 4) is 0 Å². The smallest absolute Gasteiger partial charge is 0.410 e. The third-order valence-electron chi connectivity index (χ3n) is 12.4. The first-order valence-electron chi connectivity index (χ1n) is 15.7. The van der Waals surface area contributed by atoms with Crippen molar-refractivity contribution >= 4 is 6.09 Å². The average Bonchev–Trinajstić information content (AvgIpc) is 3.49. The Hall–Kier alpha value is -1.81. The molecule has 0 N–H and O–H groups in total. The van der Waals surface area contributed by atoms with E-state index in [4.69, 9.17) is 9.47 Å². The first-order chi connectivity index (χ1) is 18.4. The molecule has 1 amide bonds. The number of fused-ring (bicyclic) bond motifs is 6. The summed E-state index contributed by atoms with van der Waals surface area (Å²) in [5, 5.41) is 0. The summed E-state index contributed by atoms with van der Waals surface area (Å²) in [6.45, 7) is 8.45. The molecule has 0 aromatic heterocycles. The van der Waals surface area contributed by atoms with Gasteiger partial charge >= 0.3 is 6.09 Å². The van der Waals surface area contributed by atoms with Crippen molar-refractivity contribution in [2.45, 2.75) is 116 Å². The molecule has 2 saturated heterocycles. The van der Waals surface area contributed by atoms with Crippen LogP contribution in [-0.2, 0) is 16.1 Å². The fourth-order valence-corrected chi connectivity index (χ4v) is 10.4. The van der Waals surface area contributed by atoms with Gasteiger partial charge in [0.05, 0.1) is 17.7 Å². The minimum Gasteiger partial charge on any atom is -0.445 e. The topological polar surface area (TPSA) is 38.8 Å². The lowest BCUT2D eigenvalue weighted by molar-refractivity contribution is -0.0621. The van der Waals surface area contributed by atoms with Crippen LogP contribution < -0.4 is 0 Å². The van der Waals surface area contributed by atoms with E-state index in [9.17, 15) is 4.79 Å². The van der Waals surface area contributed by atoms with Crippen LogP contribution in [0.3, 0.4) is 0 Å². The van der Waals surface area contributed by atoms with E-state index in [1.54, 1.807) is 11.1 Å². The number of ether oxygens (including phenoxy) is 2. The summed E-state index contributed by atoms with van der Waals surface area (Å²) in [5.74, 6) is 3.93. The fourth-order valence-electron chi connectivity index (χ4n) is 10.4. The minimum absolute atomic E-state index is 0.124. The lowest BCUT2D eigenvalue weighted by Crippen LogP contribution is -2.51. The molecular formula is C34H47NO3. The maximum absolute atomic E-state index is 13.4. The van der Waals surface area contributed by atoms with Gasteiger partial charge in [0.2, 0.25) is 0 Å². The van der Waals surface area contributed by atoms with Crippen LogP contribution in [0.1, 0.15) is 97.0 Å². The SMILES string of the molecule is CC1=C2CC3C(CCC4CCCCC43C)C2CCC12C[C@H]1C(C[C@H](C)CN1C(=O)OCc1ccccc1)O2. The molecule has 1 aromatic carbocycles. The van der Waals surface area contributed by atoms with Gasteiger partial charge in [0, 0.05) is 13.0 Å². The quantitative estimate of drug-likeness (QED) is 0.374. The van der Waals surface area contributed by atoms with Crippen molar-refractivity contribution in [1.82, 2.24) is 4.90 Å². The first-order valence-corrected chi connectivity index (χ1v) is 15.7. The number of rotatable bonds is 2. The molecule has 4 heteroatoms. The van der Waals surface area contributed by atoms with E-state index in [-0.39, 0.29) is 23.8 Å².